The number of ether oxygens (including phenoxy) is 1. The first-order valence-electron chi connectivity index (χ1n) is 8.37. The van der Waals surface area contributed by atoms with Crippen molar-refractivity contribution in [1.29, 1.82) is 0 Å². The number of nitrogens with one attached hydrogen (secondary N) is 2. The van der Waals surface area contributed by atoms with Crippen LogP contribution in [0.3, 0.4) is 0 Å². The molecule has 7 nitrogen and oxygen atoms in total. The van der Waals surface area contributed by atoms with E-state index < -0.39 is 12.0 Å². The summed E-state index contributed by atoms with van der Waals surface area (Å²) in [4.78, 5) is 25.8. The van der Waals surface area contributed by atoms with E-state index in [4.69, 9.17) is 4.74 Å². The number of amides is 1. The first kappa shape index (κ1) is 19.8. The highest BCUT2D eigenvalue weighted by Gasteiger charge is 2.21. The molecule has 1 fully saturated rings. The number of hydrogen-bond donors (Lipinski definition) is 3. The van der Waals surface area contributed by atoms with Crippen LogP contribution in [0.2, 0.25) is 0 Å². The number of nitrogens with zero attached hydrogens (tertiary/aromatic N) is 1. The third-order valence-electron chi connectivity index (χ3n) is 3.98. The molecule has 2 rings (SSSR count). The second kappa shape index (κ2) is 10.5. The van der Waals surface area contributed by atoms with Crippen LogP contribution < -0.4 is 10.6 Å². The number of rotatable bonds is 9. The van der Waals surface area contributed by atoms with Crippen molar-refractivity contribution in [2.24, 2.45) is 0 Å². The van der Waals surface area contributed by atoms with Gasteiger partial charge in [-0.3, -0.25) is 14.5 Å². The van der Waals surface area contributed by atoms with E-state index in [1.165, 1.54) is 0 Å². The van der Waals surface area contributed by atoms with Crippen LogP contribution in [0.25, 0.3) is 0 Å². The summed E-state index contributed by atoms with van der Waals surface area (Å²) in [5, 5.41) is 15.0. The Morgan fingerprint density at radius 2 is 2.00 bits per heavy atom. The molecule has 1 unspecified atom stereocenters. The molecule has 0 aromatic heterocycles. The predicted octanol–water partition coefficient (Wildman–Crippen LogP) is 1.54. The monoisotopic (exact) mass is 413 g/mol. The Balaban J connectivity index is 1.73. The summed E-state index contributed by atoms with van der Waals surface area (Å²) in [7, 11) is 0. The fourth-order valence-electron chi connectivity index (χ4n) is 2.60. The van der Waals surface area contributed by atoms with Gasteiger partial charge in [0.1, 0.15) is 6.04 Å². The van der Waals surface area contributed by atoms with E-state index in [9.17, 15) is 14.7 Å². The van der Waals surface area contributed by atoms with Gasteiger partial charge < -0.3 is 20.5 Å². The lowest BCUT2D eigenvalue weighted by molar-refractivity contribution is -0.141. The molecule has 8 heteroatoms. The number of carbonyl (C=O) groups is 2. The minimum atomic E-state index is -1.02. The highest BCUT2D eigenvalue weighted by atomic mass is 79.9. The molecule has 1 aromatic carbocycles. The molecule has 138 valence electrons. The molecule has 0 radical (unpaired) electrons. The summed E-state index contributed by atoms with van der Waals surface area (Å²) in [6.45, 7) is 4.77. The zero-order valence-corrected chi connectivity index (χ0v) is 15.6. The van der Waals surface area contributed by atoms with Gasteiger partial charge in [-0.25, -0.2) is 0 Å². The lowest BCUT2D eigenvalue weighted by Crippen LogP contribution is -2.42. The van der Waals surface area contributed by atoms with Crippen molar-refractivity contribution in [2.45, 2.75) is 18.9 Å². The van der Waals surface area contributed by atoms with Gasteiger partial charge in [0.05, 0.1) is 25.3 Å². The number of carbonyl (C=O) groups excluding carboxylic acids is 1. The van der Waals surface area contributed by atoms with E-state index in [-0.39, 0.29) is 12.3 Å². The zero-order chi connectivity index (χ0) is 18.1. The molecule has 0 aliphatic carbocycles. The van der Waals surface area contributed by atoms with Gasteiger partial charge in [-0.2, -0.15) is 0 Å². The van der Waals surface area contributed by atoms with Crippen LogP contribution in [0, 0.1) is 0 Å². The Morgan fingerprint density at radius 1 is 1.28 bits per heavy atom. The molecule has 1 aromatic rings. The maximum Gasteiger partial charge on any atom is 0.321 e. The minimum absolute atomic E-state index is 0.117. The molecule has 0 bridgehead atoms. The second-order valence-corrected chi connectivity index (χ2v) is 6.74. The van der Waals surface area contributed by atoms with Gasteiger partial charge in [-0.1, -0.05) is 12.1 Å². The highest BCUT2D eigenvalue weighted by molar-refractivity contribution is 9.10. The van der Waals surface area contributed by atoms with Crippen LogP contribution in [-0.4, -0.2) is 67.3 Å². The fraction of sp³-hybridized carbons (Fsp3) is 0.529. The van der Waals surface area contributed by atoms with Crippen LogP contribution in [0.5, 0.6) is 0 Å². The summed E-state index contributed by atoms with van der Waals surface area (Å²) in [5.74, 6) is -1.35. The molecule has 1 aliphatic heterocycles. The quantitative estimate of drug-likeness (QED) is 0.532. The van der Waals surface area contributed by atoms with Crippen molar-refractivity contribution in [3.8, 4) is 0 Å². The van der Waals surface area contributed by atoms with Crippen molar-refractivity contribution in [2.75, 3.05) is 44.7 Å². The summed E-state index contributed by atoms with van der Waals surface area (Å²) in [6, 6.07) is 6.32. The first-order chi connectivity index (χ1) is 12.1. The number of halogens is 1. The summed E-state index contributed by atoms with van der Waals surface area (Å²) in [6.07, 6.45) is 0.712. The number of anilines is 1. The molecule has 3 N–H and O–H groups in total. The van der Waals surface area contributed by atoms with Crippen molar-refractivity contribution in [1.82, 2.24) is 10.2 Å². The van der Waals surface area contributed by atoms with Crippen molar-refractivity contribution in [3.63, 3.8) is 0 Å². The molecular formula is C17H24BrN3O4. The van der Waals surface area contributed by atoms with E-state index >= 15 is 0 Å². The summed E-state index contributed by atoms with van der Waals surface area (Å²) >= 11 is 3.35. The number of morpholine rings is 1. The van der Waals surface area contributed by atoms with Crippen LogP contribution in [-0.2, 0) is 14.3 Å². The molecule has 1 aliphatic rings. The van der Waals surface area contributed by atoms with Crippen molar-refractivity contribution in [3.05, 3.63) is 28.7 Å². The smallest absolute Gasteiger partial charge is 0.321 e. The maximum atomic E-state index is 12.1. The first-order valence-corrected chi connectivity index (χ1v) is 9.16. The average Bonchev–Trinajstić information content (AvgIpc) is 2.60. The normalized spacial score (nSPS) is 16.4. The SMILES string of the molecule is O=C(CC(NCCCN1CCOCC1)C(=O)O)Nc1ccccc1Br. The Bertz CT molecular complexity index is 579. The fourth-order valence-corrected chi connectivity index (χ4v) is 2.98. The van der Waals surface area contributed by atoms with Gasteiger partial charge >= 0.3 is 5.97 Å². The van der Waals surface area contributed by atoms with E-state index in [1.54, 1.807) is 12.1 Å². The molecule has 1 heterocycles. The molecule has 1 amide bonds. The number of benzene rings is 1. The average molecular weight is 414 g/mol. The number of hydrogen-bond acceptors (Lipinski definition) is 5. The Hall–Kier alpha value is -1.48. The van der Waals surface area contributed by atoms with Crippen LogP contribution in [0.15, 0.2) is 28.7 Å². The Kier molecular flexibility index (Phi) is 8.33. The molecule has 0 saturated carbocycles. The Labute approximate surface area is 155 Å². The largest absolute Gasteiger partial charge is 0.480 e. The summed E-state index contributed by atoms with van der Waals surface area (Å²) in [5.41, 5.74) is 0.629. The summed E-state index contributed by atoms with van der Waals surface area (Å²) < 4.78 is 6.05. The third-order valence-corrected chi connectivity index (χ3v) is 4.67. The second-order valence-electron chi connectivity index (χ2n) is 5.88. The highest BCUT2D eigenvalue weighted by Crippen LogP contribution is 2.21. The van der Waals surface area contributed by atoms with Gasteiger partial charge in [0.2, 0.25) is 5.91 Å². The van der Waals surface area contributed by atoms with E-state index in [0.29, 0.717) is 12.2 Å². The number of para-hydroxylation sites is 1. The molecule has 0 spiro atoms. The van der Waals surface area contributed by atoms with Crippen molar-refractivity contribution < 1.29 is 19.4 Å². The van der Waals surface area contributed by atoms with Crippen LogP contribution in [0.1, 0.15) is 12.8 Å². The molecule has 1 atom stereocenters. The molecular weight excluding hydrogens is 390 g/mol. The van der Waals surface area contributed by atoms with E-state index in [2.05, 4.69) is 31.5 Å². The standard InChI is InChI=1S/C17H24BrN3O4/c18-13-4-1-2-5-14(13)20-16(22)12-15(17(23)24)19-6-3-7-21-8-10-25-11-9-21/h1-2,4-5,15,19H,3,6-12H2,(H,20,22)(H,23,24). The zero-order valence-electron chi connectivity index (χ0n) is 14.0. The third kappa shape index (κ3) is 7.11. The number of carboxylic acid groups (broad SMARTS) is 1. The maximum absolute atomic E-state index is 12.1. The van der Waals surface area contributed by atoms with E-state index in [0.717, 1.165) is 43.7 Å². The van der Waals surface area contributed by atoms with Gasteiger partial charge in [-0.05, 0) is 47.6 Å². The van der Waals surface area contributed by atoms with Gasteiger partial charge in [0, 0.05) is 17.6 Å². The van der Waals surface area contributed by atoms with Gasteiger partial charge in [0.25, 0.3) is 0 Å². The lowest BCUT2D eigenvalue weighted by Gasteiger charge is -2.26. The number of carboxylic acids is 1. The lowest BCUT2D eigenvalue weighted by atomic mass is 10.2. The van der Waals surface area contributed by atoms with Crippen LogP contribution in [0.4, 0.5) is 5.69 Å². The molecule has 1 saturated heterocycles. The van der Waals surface area contributed by atoms with Gasteiger partial charge in [0.15, 0.2) is 0 Å². The minimum Gasteiger partial charge on any atom is -0.480 e. The van der Waals surface area contributed by atoms with Crippen molar-refractivity contribution >= 4 is 33.5 Å². The molecule has 25 heavy (non-hydrogen) atoms. The predicted molar refractivity (Wildman–Crippen MR) is 98.7 cm³/mol. The Morgan fingerprint density at radius 3 is 2.68 bits per heavy atom. The van der Waals surface area contributed by atoms with E-state index in [1.807, 2.05) is 12.1 Å². The van der Waals surface area contributed by atoms with Crippen LogP contribution >= 0.6 is 15.9 Å². The number of aliphatic carboxylic acids is 1. The topological polar surface area (TPSA) is 90.9 Å². The van der Waals surface area contributed by atoms with Gasteiger partial charge in [-0.15, -0.1) is 0 Å².